The lowest BCUT2D eigenvalue weighted by Crippen LogP contribution is -2.14. The molecule has 0 saturated carbocycles. The Morgan fingerprint density at radius 3 is 2.20 bits per heavy atom. The third kappa shape index (κ3) is 2.72. The molecule has 1 aliphatic heterocycles. The first-order valence-corrected chi connectivity index (χ1v) is 8.74. The second kappa shape index (κ2) is 5.63. The largest absolute Gasteiger partial charge is 0.192 e. The third-order valence-corrected chi connectivity index (χ3v) is 7.22. The van der Waals surface area contributed by atoms with Crippen molar-refractivity contribution in [2.24, 2.45) is 0 Å². The maximum atomic E-state index is 9.03. The van der Waals surface area contributed by atoms with E-state index in [0.717, 1.165) is 4.24 Å². The van der Waals surface area contributed by atoms with Crippen LogP contribution in [0.2, 0.25) is 0 Å². The number of hydrogen-bond donors (Lipinski definition) is 0. The monoisotopic (exact) mass is 412 g/mol. The van der Waals surface area contributed by atoms with Crippen molar-refractivity contribution in [2.75, 3.05) is 0 Å². The molecule has 0 amide bonds. The highest BCUT2D eigenvalue weighted by Gasteiger charge is 2.29. The molecule has 2 rings (SSSR count). The molecule has 1 aromatic carbocycles. The van der Waals surface area contributed by atoms with Crippen LogP contribution in [0.1, 0.15) is 31.9 Å². The molecular formula is C15H13IN2S2. The van der Waals surface area contributed by atoms with Crippen molar-refractivity contribution < 1.29 is 0 Å². The zero-order valence-corrected chi connectivity index (χ0v) is 15.5. The molecule has 1 aromatic rings. The Hall–Kier alpha value is -0.630. The minimum atomic E-state index is 0.0846. The average molecular weight is 412 g/mol. The molecule has 0 aromatic heterocycles. The lowest BCUT2D eigenvalue weighted by molar-refractivity contribution is 0.582. The normalized spacial score (nSPS) is 13.7. The molecule has 1 heterocycles. The quantitative estimate of drug-likeness (QED) is 0.426. The van der Waals surface area contributed by atoms with Crippen LogP contribution in [0.3, 0.4) is 0 Å². The van der Waals surface area contributed by atoms with Crippen molar-refractivity contribution in [2.45, 2.75) is 42.9 Å². The van der Waals surface area contributed by atoms with Gasteiger partial charge in [-0.25, -0.2) is 0 Å². The molecule has 0 spiro atoms. The molecule has 0 fully saturated rings. The topological polar surface area (TPSA) is 47.6 Å². The Morgan fingerprint density at radius 2 is 1.70 bits per heavy atom. The van der Waals surface area contributed by atoms with Crippen molar-refractivity contribution in [1.82, 2.24) is 0 Å². The average Bonchev–Trinajstić information content (AvgIpc) is 2.79. The van der Waals surface area contributed by atoms with Gasteiger partial charge in [-0.15, -0.1) is 0 Å². The van der Waals surface area contributed by atoms with Crippen LogP contribution in [0.25, 0.3) is 0 Å². The molecule has 0 atom stereocenters. The zero-order chi connectivity index (χ0) is 15.1. The molecule has 20 heavy (non-hydrogen) atoms. The van der Waals surface area contributed by atoms with Gasteiger partial charge >= 0.3 is 0 Å². The Bertz CT molecular complexity index is 685. The van der Waals surface area contributed by atoms with Gasteiger partial charge in [0.25, 0.3) is 0 Å². The first kappa shape index (κ1) is 15.8. The van der Waals surface area contributed by atoms with Crippen LogP contribution < -0.4 is 0 Å². The van der Waals surface area contributed by atoms with Gasteiger partial charge in [-0.05, 0) is 46.1 Å². The lowest BCUT2D eigenvalue weighted by Gasteiger charge is -2.23. The van der Waals surface area contributed by atoms with Gasteiger partial charge in [-0.1, -0.05) is 50.4 Å². The Kier molecular flexibility index (Phi) is 4.44. The summed E-state index contributed by atoms with van der Waals surface area (Å²) in [6.07, 6.45) is 0. The molecule has 0 saturated heterocycles. The summed E-state index contributed by atoms with van der Waals surface area (Å²) in [7, 11) is 0. The van der Waals surface area contributed by atoms with Gasteiger partial charge in [0, 0.05) is 13.4 Å². The van der Waals surface area contributed by atoms with Gasteiger partial charge in [-0.3, -0.25) is 0 Å². The first-order chi connectivity index (χ1) is 9.29. The molecule has 2 nitrogen and oxygen atoms in total. The SMILES string of the molecule is Cc1cc(C(C)(C)C)c(I)c2c1SC(=C(C#N)C#N)S2. The fourth-order valence-corrected chi connectivity index (χ4v) is 6.22. The zero-order valence-electron chi connectivity index (χ0n) is 11.7. The van der Waals surface area contributed by atoms with E-state index in [2.05, 4.69) is 56.4 Å². The van der Waals surface area contributed by atoms with Gasteiger partial charge < -0.3 is 0 Å². The minimum absolute atomic E-state index is 0.0846. The van der Waals surface area contributed by atoms with Crippen LogP contribution in [0.4, 0.5) is 0 Å². The van der Waals surface area contributed by atoms with E-state index in [1.165, 1.54) is 24.5 Å². The molecule has 102 valence electrons. The number of thioether (sulfide) groups is 2. The second-order valence-electron chi connectivity index (χ2n) is 5.55. The van der Waals surface area contributed by atoms with Crippen molar-refractivity contribution in [3.05, 3.63) is 30.6 Å². The molecule has 0 aliphatic carbocycles. The summed E-state index contributed by atoms with van der Waals surface area (Å²) >= 11 is 5.48. The van der Waals surface area contributed by atoms with E-state index in [1.54, 1.807) is 23.5 Å². The van der Waals surface area contributed by atoms with Gasteiger partial charge in [0.15, 0.2) is 0 Å². The highest BCUT2D eigenvalue weighted by molar-refractivity contribution is 14.1. The van der Waals surface area contributed by atoms with Crippen LogP contribution in [0.15, 0.2) is 25.7 Å². The van der Waals surface area contributed by atoms with Gasteiger partial charge in [0.05, 0.1) is 4.24 Å². The van der Waals surface area contributed by atoms with E-state index in [9.17, 15) is 0 Å². The molecular weight excluding hydrogens is 399 g/mol. The number of nitriles is 2. The highest BCUT2D eigenvalue weighted by Crippen LogP contribution is 2.56. The summed E-state index contributed by atoms with van der Waals surface area (Å²) in [4.78, 5) is 2.38. The van der Waals surface area contributed by atoms with E-state index in [1.807, 2.05) is 12.1 Å². The molecule has 0 unspecified atom stereocenters. The fourth-order valence-electron chi connectivity index (χ4n) is 1.93. The highest BCUT2D eigenvalue weighted by atomic mass is 127. The third-order valence-electron chi connectivity index (χ3n) is 2.99. The van der Waals surface area contributed by atoms with Gasteiger partial charge in [0.2, 0.25) is 0 Å². The van der Waals surface area contributed by atoms with Crippen LogP contribution in [0, 0.1) is 33.2 Å². The van der Waals surface area contributed by atoms with E-state index in [0.29, 0.717) is 0 Å². The Balaban J connectivity index is 2.63. The van der Waals surface area contributed by atoms with Crippen molar-refractivity contribution in [1.29, 1.82) is 10.5 Å². The van der Waals surface area contributed by atoms with Crippen LogP contribution in [-0.4, -0.2) is 0 Å². The van der Waals surface area contributed by atoms with Gasteiger partial charge in [0.1, 0.15) is 17.7 Å². The summed E-state index contributed by atoms with van der Waals surface area (Å²) in [6.45, 7) is 8.71. The van der Waals surface area contributed by atoms with Crippen LogP contribution in [0.5, 0.6) is 0 Å². The summed E-state index contributed by atoms with van der Waals surface area (Å²) in [6, 6.07) is 6.21. The first-order valence-electron chi connectivity index (χ1n) is 6.03. The predicted molar refractivity (Wildman–Crippen MR) is 92.6 cm³/mol. The van der Waals surface area contributed by atoms with E-state index in [-0.39, 0.29) is 11.0 Å². The number of halogens is 1. The standard InChI is InChI=1S/C15H13IN2S2/c1-8-5-10(15(2,3)4)11(16)13-12(8)19-14(20-13)9(6-17)7-18/h5H,1-4H3. The molecule has 0 bridgehead atoms. The molecule has 5 heteroatoms. The van der Waals surface area contributed by atoms with Crippen molar-refractivity contribution in [3.63, 3.8) is 0 Å². The summed E-state index contributed by atoms with van der Waals surface area (Å²) in [5.74, 6) is 0. The molecule has 0 radical (unpaired) electrons. The summed E-state index contributed by atoms with van der Waals surface area (Å²) in [5, 5.41) is 18.1. The van der Waals surface area contributed by atoms with E-state index in [4.69, 9.17) is 10.5 Å². The number of hydrogen-bond acceptors (Lipinski definition) is 4. The minimum Gasteiger partial charge on any atom is -0.192 e. The summed E-state index contributed by atoms with van der Waals surface area (Å²) in [5.41, 5.74) is 2.83. The number of allylic oxidation sites excluding steroid dienone is 1. The van der Waals surface area contributed by atoms with Crippen molar-refractivity contribution >= 4 is 46.1 Å². The number of benzene rings is 1. The number of nitrogens with zero attached hydrogens (tertiary/aromatic N) is 2. The Morgan fingerprint density at radius 1 is 1.15 bits per heavy atom. The van der Waals surface area contributed by atoms with E-state index < -0.39 is 0 Å². The lowest BCUT2D eigenvalue weighted by atomic mass is 9.86. The number of fused-ring (bicyclic) bond motifs is 1. The molecule has 1 aliphatic rings. The van der Waals surface area contributed by atoms with E-state index >= 15 is 0 Å². The van der Waals surface area contributed by atoms with Crippen LogP contribution >= 0.6 is 46.1 Å². The Labute approximate surface area is 141 Å². The molecule has 0 N–H and O–H groups in total. The number of rotatable bonds is 0. The summed E-state index contributed by atoms with van der Waals surface area (Å²) < 4.78 is 2.04. The smallest absolute Gasteiger partial charge is 0.150 e. The van der Waals surface area contributed by atoms with Crippen LogP contribution in [-0.2, 0) is 5.41 Å². The number of aryl methyl sites for hydroxylation is 1. The maximum absolute atomic E-state index is 9.03. The van der Waals surface area contributed by atoms with Crippen molar-refractivity contribution in [3.8, 4) is 12.1 Å². The predicted octanol–water partition coefficient (Wildman–Crippen LogP) is 5.35. The maximum Gasteiger partial charge on any atom is 0.150 e. The van der Waals surface area contributed by atoms with Gasteiger partial charge in [-0.2, -0.15) is 10.5 Å². The second-order valence-corrected chi connectivity index (χ2v) is 8.93. The fraction of sp³-hybridized carbons (Fsp3) is 0.333.